The fourth-order valence-corrected chi connectivity index (χ4v) is 5.15. The van der Waals surface area contributed by atoms with Gasteiger partial charge in [-0.2, -0.15) is 0 Å². The van der Waals surface area contributed by atoms with Crippen molar-refractivity contribution in [2.75, 3.05) is 24.7 Å². The molecule has 5 nitrogen and oxygen atoms in total. The van der Waals surface area contributed by atoms with Crippen LogP contribution in [0.3, 0.4) is 0 Å². The number of amides is 1. The van der Waals surface area contributed by atoms with Crippen LogP contribution in [0, 0.1) is 0 Å². The largest absolute Gasteiger partial charge is 0.497 e. The number of anilines is 1. The van der Waals surface area contributed by atoms with Crippen molar-refractivity contribution >= 4 is 60.5 Å². The Hall–Kier alpha value is -1.25. The van der Waals surface area contributed by atoms with Crippen molar-refractivity contribution in [3.8, 4) is 5.75 Å². The molecule has 1 aromatic carbocycles. The zero-order valence-electron chi connectivity index (χ0n) is 12.9. The number of carbonyl (C=O) groups excluding carboxylic acids is 1. The molecule has 0 radical (unpaired) electrons. The number of nitrogens with zero attached hydrogens (tertiary/aromatic N) is 2. The quantitative estimate of drug-likeness (QED) is 0.869. The Morgan fingerprint density at radius 2 is 2.39 bits per heavy atom. The van der Waals surface area contributed by atoms with Gasteiger partial charge in [-0.15, -0.1) is 0 Å². The maximum atomic E-state index is 12.5. The summed E-state index contributed by atoms with van der Waals surface area (Å²) < 4.78 is 7.23. The fourth-order valence-electron chi connectivity index (χ4n) is 2.10. The number of aromatic nitrogens is 1. The number of hydrogen-bond donors (Lipinski definition) is 1. The van der Waals surface area contributed by atoms with Crippen molar-refractivity contribution in [2.24, 2.45) is 4.99 Å². The Kier molecular flexibility index (Phi) is 5.45. The van der Waals surface area contributed by atoms with Crippen LogP contribution in [0.2, 0.25) is 0 Å². The zero-order chi connectivity index (χ0) is 16.2. The molecule has 2 heterocycles. The van der Waals surface area contributed by atoms with E-state index in [4.69, 9.17) is 4.74 Å². The molecular weight excluding hydrogens is 350 g/mol. The first-order valence-electron chi connectivity index (χ1n) is 7.29. The van der Waals surface area contributed by atoms with Gasteiger partial charge in [-0.05, 0) is 24.6 Å². The predicted molar refractivity (Wildman–Crippen MR) is 101 cm³/mol. The summed E-state index contributed by atoms with van der Waals surface area (Å²) in [5.41, 5.74) is 0.863. The molecule has 3 rings (SSSR count). The Morgan fingerprint density at radius 1 is 1.52 bits per heavy atom. The number of thiazole rings is 1. The number of ether oxygens (including phenoxy) is 1. The molecule has 0 saturated carbocycles. The molecule has 2 aromatic rings. The molecule has 0 fully saturated rings. The van der Waals surface area contributed by atoms with E-state index in [2.05, 4.69) is 15.3 Å². The van der Waals surface area contributed by atoms with Gasteiger partial charge in [0.2, 0.25) is 5.91 Å². The van der Waals surface area contributed by atoms with E-state index in [9.17, 15) is 4.79 Å². The van der Waals surface area contributed by atoms with Crippen molar-refractivity contribution in [1.29, 1.82) is 0 Å². The molecule has 0 saturated heterocycles. The lowest BCUT2D eigenvalue weighted by atomic mass is 10.3. The molecule has 23 heavy (non-hydrogen) atoms. The topological polar surface area (TPSA) is 63.6 Å². The first-order chi connectivity index (χ1) is 11.2. The molecule has 122 valence electrons. The number of methoxy groups -OCH3 is 1. The van der Waals surface area contributed by atoms with Gasteiger partial charge in [0.05, 0.1) is 29.1 Å². The van der Waals surface area contributed by atoms with Crippen LogP contribution >= 0.6 is 34.9 Å². The highest BCUT2D eigenvalue weighted by molar-refractivity contribution is 8.39. The molecule has 1 atom stereocenters. The van der Waals surface area contributed by atoms with Crippen molar-refractivity contribution in [3.05, 3.63) is 18.2 Å². The van der Waals surface area contributed by atoms with Crippen LogP contribution < -0.4 is 10.1 Å². The summed E-state index contributed by atoms with van der Waals surface area (Å²) in [5.74, 6) is 1.79. The van der Waals surface area contributed by atoms with Crippen LogP contribution in [0.15, 0.2) is 23.2 Å². The van der Waals surface area contributed by atoms with Crippen LogP contribution in [0.1, 0.15) is 13.3 Å². The number of thioether (sulfide) groups is 2. The smallest absolute Gasteiger partial charge is 0.239 e. The van der Waals surface area contributed by atoms with Crippen molar-refractivity contribution in [2.45, 2.75) is 18.6 Å². The summed E-state index contributed by atoms with van der Waals surface area (Å²) in [5, 5.41) is 3.42. The fraction of sp³-hybridized carbons (Fsp3) is 0.400. The monoisotopic (exact) mass is 367 g/mol. The number of aliphatic imine (C=N–C) groups is 1. The highest BCUT2D eigenvalue weighted by Gasteiger charge is 2.22. The van der Waals surface area contributed by atoms with Gasteiger partial charge in [-0.25, -0.2) is 4.98 Å². The van der Waals surface area contributed by atoms with Crippen LogP contribution in [-0.2, 0) is 4.79 Å². The van der Waals surface area contributed by atoms with E-state index in [1.807, 2.05) is 25.1 Å². The van der Waals surface area contributed by atoms with Crippen LogP contribution in [0.4, 0.5) is 5.13 Å². The van der Waals surface area contributed by atoms with E-state index in [0.717, 1.165) is 39.1 Å². The Morgan fingerprint density at radius 3 is 3.09 bits per heavy atom. The lowest BCUT2D eigenvalue weighted by Gasteiger charge is -2.12. The minimum Gasteiger partial charge on any atom is -0.497 e. The van der Waals surface area contributed by atoms with Gasteiger partial charge in [-0.3, -0.25) is 9.79 Å². The molecule has 1 N–H and O–H groups in total. The predicted octanol–water partition coefficient (Wildman–Crippen LogP) is 3.86. The summed E-state index contributed by atoms with van der Waals surface area (Å²) in [6, 6.07) is 5.70. The van der Waals surface area contributed by atoms with Gasteiger partial charge >= 0.3 is 0 Å². The number of hydrogen-bond acceptors (Lipinski definition) is 7. The van der Waals surface area contributed by atoms with E-state index in [0.29, 0.717) is 5.13 Å². The number of rotatable bonds is 5. The van der Waals surface area contributed by atoms with E-state index in [1.165, 1.54) is 11.3 Å². The minimum absolute atomic E-state index is 0.0151. The van der Waals surface area contributed by atoms with Gasteiger partial charge in [0, 0.05) is 5.75 Å². The molecule has 0 aliphatic carbocycles. The third-order valence-corrected chi connectivity index (χ3v) is 6.79. The van der Waals surface area contributed by atoms with Crippen molar-refractivity contribution in [1.82, 2.24) is 4.98 Å². The Balaban J connectivity index is 1.70. The minimum atomic E-state index is -0.138. The summed E-state index contributed by atoms with van der Waals surface area (Å²) in [7, 11) is 1.64. The number of benzene rings is 1. The second-order valence-corrected chi connectivity index (χ2v) is 8.42. The standard InChI is InChI=1S/C15H17N3O2S3/c1-3-11(23-15-16-6-7-21-15)13(19)18-14-17-10-5-4-9(20-2)8-12(10)22-14/h4-5,8,11H,3,6-7H2,1-2H3,(H,17,18,19). The summed E-state index contributed by atoms with van der Waals surface area (Å²) in [6.45, 7) is 2.87. The molecule has 1 unspecified atom stereocenters. The van der Waals surface area contributed by atoms with Gasteiger partial charge in [0.25, 0.3) is 0 Å². The number of fused-ring (bicyclic) bond motifs is 1. The maximum Gasteiger partial charge on any atom is 0.239 e. The van der Waals surface area contributed by atoms with E-state index in [-0.39, 0.29) is 11.2 Å². The number of nitrogens with one attached hydrogen (secondary N) is 1. The first-order valence-corrected chi connectivity index (χ1v) is 9.97. The maximum absolute atomic E-state index is 12.5. The van der Waals surface area contributed by atoms with Gasteiger partial charge in [0.1, 0.15) is 10.1 Å². The third kappa shape index (κ3) is 3.99. The summed E-state index contributed by atoms with van der Waals surface area (Å²) in [6.07, 6.45) is 0.759. The molecule has 1 aromatic heterocycles. The van der Waals surface area contributed by atoms with E-state index in [1.54, 1.807) is 30.6 Å². The summed E-state index contributed by atoms with van der Waals surface area (Å²) >= 11 is 4.73. The SMILES string of the molecule is CCC(SC1=NCCS1)C(=O)Nc1nc2ccc(OC)cc2s1. The first kappa shape index (κ1) is 16.6. The average Bonchev–Trinajstić information content (AvgIpc) is 3.20. The molecule has 8 heteroatoms. The second-order valence-electron chi connectivity index (χ2n) is 4.85. The highest BCUT2D eigenvalue weighted by Crippen LogP contribution is 2.31. The average molecular weight is 368 g/mol. The zero-order valence-corrected chi connectivity index (χ0v) is 15.3. The lowest BCUT2D eigenvalue weighted by Crippen LogP contribution is -2.25. The van der Waals surface area contributed by atoms with Crippen LogP contribution in [-0.4, -0.2) is 39.9 Å². The lowest BCUT2D eigenvalue weighted by molar-refractivity contribution is -0.115. The summed E-state index contributed by atoms with van der Waals surface area (Å²) in [4.78, 5) is 21.3. The van der Waals surface area contributed by atoms with Crippen molar-refractivity contribution < 1.29 is 9.53 Å². The number of carbonyl (C=O) groups is 1. The highest BCUT2D eigenvalue weighted by atomic mass is 32.2. The van der Waals surface area contributed by atoms with Gasteiger partial charge in [-0.1, -0.05) is 41.8 Å². The van der Waals surface area contributed by atoms with Gasteiger partial charge < -0.3 is 10.1 Å². The van der Waals surface area contributed by atoms with Crippen LogP contribution in [0.5, 0.6) is 5.75 Å². The molecule has 1 aliphatic heterocycles. The molecule has 0 bridgehead atoms. The van der Waals surface area contributed by atoms with E-state index < -0.39 is 0 Å². The van der Waals surface area contributed by atoms with Crippen molar-refractivity contribution in [3.63, 3.8) is 0 Å². The Labute approximate surface area is 147 Å². The normalized spacial score (nSPS) is 15.5. The molecular formula is C15H17N3O2S3. The molecule has 0 spiro atoms. The molecule has 1 amide bonds. The Bertz CT molecular complexity index is 745. The third-order valence-electron chi connectivity index (χ3n) is 3.29. The van der Waals surface area contributed by atoms with E-state index >= 15 is 0 Å². The van der Waals surface area contributed by atoms with Crippen LogP contribution in [0.25, 0.3) is 10.2 Å². The molecule has 1 aliphatic rings. The van der Waals surface area contributed by atoms with Gasteiger partial charge in [0.15, 0.2) is 5.13 Å². The second kappa shape index (κ2) is 7.55.